The van der Waals surface area contributed by atoms with Gasteiger partial charge in [-0.2, -0.15) is 5.10 Å². The van der Waals surface area contributed by atoms with Crippen molar-refractivity contribution >= 4 is 0 Å². The van der Waals surface area contributed by atoms with Gasteiger partial charge in [-0.05, 0) is 38.2 Å². The van der Waals surface area contributed by atoms with Crippen LogP contribution in [0.3, 0.4) is 0 Å². The van der Waals surface area contributed by atoms with E-state index >= 15 is 0 Å². The van der Waals surface area contributed by atoms with Crippen LogP contribution in [0.2, 0.25) is 0 Å². The average molecular weight is 317 g/mol. The lowest BCUT2D eigenvalue weighted by Gasteiger charge is -2.22. The highest BCUT2D eigenvalue weighted by atomic mass is 19.1. The number of hydrogen-bond donors (Lipinski definition) is 1. The minimum atomic E-state index is -0.614. The van der Waals surface area contributed by atoms with E-state index in [1.165, 1.54) is 12.1 Å². The maximum Gasteiger partial charge on any atom is 0.135 e. The van der Waals surface area contributed by atoms with E-state index in [1.54, 1.807) is 12.5 Å². The van der Waals surface area contributed by atoms with Gasteiger partial charge in [0.05, 0.1) is 24.2 Å². The van der Waals surface area contributed by atoms with Gasteiger partial charge in [0.1, 0.15) is 17.4 Å². The Morgan fingerprint density at radius 2 is 2.13 bits per heavy atom. The van der Waals surface area contributed by atoms with E-state index in [9.17, 15) is 8.78 Å². The molecule has 120 valence electrons. The van der Waals surface area contributed by atoms with Gasteiger partial charge < -0.3 is 4.42 Å². The van der Waals surface area contributed by atoms with Gasteiger partial charge in [-0.1, -0.05) is 0 Å². The molecule has 23 heavy (non-hydrogen) atoms. The molecule has 2 aromatic heterocycles. The van der Waals surface area contributed by atoms with Gasteiger partial charge in [0.15, 0.2) is 0 Å². The first kappa shape index (κ1) is 15.4. The van der Waals surface area contributed by atoms with Crippen molar-refractivity contribution in [1.82, 2.24) is 15.1 Å². The lowest BCUT2D eigenvalue weighted by Crippen LogP contribution is -2.21. The molecule has 0 fully saturated rings. The molecule has 0 radical (unpaired) electrons. The Morgan fingerprint density at radius 3 is 2.83 bits per heavy atom. The van der Waals surface area contributed by atoms with Crippen molar-refractivity contribution in [3.05, 3.63) is 65.7 Å². The van der Waals surface area contributed by atoms with Crippen molar-refractivity contribution < 1.29 is 13.2 Å². The maximum absolute atomic E-state index is 14.0. The van der Waals surface area contributed by atoms with E-state index < -0.39 is 11.6 Å². The lowest BCUT2D eigenvalue weighted by atomic mass is 10.1. The van der Waals surface area contributed by atoms with E-state index in [2.05, 4.69) is 15.1 Å². The van der Waals surface area contributed by atoms with Crippen LogP contribution in [0.1, 0.15) is 24.3 Å². The number of H-pyrrole nitrogens is 1. The Labute approximate surface area is 132 Å². The van der Waals surface area contributed by atoms with Crippen LogP contribution in [0.25, 0.3) is 11.3 Å². The SMILES string of the molecule is C[C@@H](c1ccco1)N(C)Cc1cn[nH]c1-c1ccc(F)cc1F. The number of nitrogens with zero attached hydrogens (tertiary/aromatic N) is 2. The van der Waals surface area contributed by atoms with Crippen LogP contribution in [0.5, 0.6) is 0 Å². The summed E-state index contributed by atoms with van der Waals surface area (Å²) in [5.41, 5.74) is 1.69. The molecule has 1 atom stereocenters. The standard InChI is InChI=1S/C17H17F2N3O/c1-11(16-4-3-7-23-16)22(2)10-12-9-20-21-17(12)14-6-5-13(18)8-15(14)19/h3-9,11H,10H2,1-2H3,(H,20,21)/t11-/m0/s1. The number of furan rings is 1. The highest BCUT2D eigenvalue weighted by Gasteiger charge is 2.18. The molecule has 0 amide bonds. The van der Waals surface area contributed by atoms with Crippen LogP contribution < -0.4 is 0 Å². The number of halogens is 2. The molecule has 1 N–H and O–H groups in total. The van der Waals surface area contributed by atoms with Gasteiger partial charge in [-0.15, -0.1) is 0 Å². The second-order valence-electron chi connectivity index (χ2n) is 5.50. The number of aromatic nitrogens is 2. The van der Waals surface area contributed by atoms with Crippen molar-refractivity contribution in [2.45, 2.75) is 19.5 Å². The lowest BCUT2D eigenvalue weighted by molar-refractivity contribution is 0.223. The highest BCUT2D eigenvalue weighted by Crippen LogP contribution is 2.27. The van der Waals surface area contributed by atoms with Crippen molar-refractivity contribution in [3.63, 3.8) is 0 Å². The third-order valence-electron chi connectivity index (χ3n) is 3.95. The smallest absolute Gasteiger partial charge is 0.135 e. The zero-order chi connectivity index (χ0) is 16.4. The summed E-state index contributed by atoms with van der Waals surface area (Å²) in [7, 11) is 1.95. The molecule has 0 saturated heterocycles. The Morgan fingerprint density at radius 1 is 1.30 bits per heavy atom. The molecule has 0 bridgehead atoms. The minimum Gasteiger partial charge on any atom is -0.468 e. The summed E-state index contributed by atoms with van der Waals surface area (Å²) in [6.07, 6.45) is 3.29. The zero-order valence-corrected chi connectivity index (χ0v) is 12.9. The number of nitrogens with one attached hydrogen (secondary N) is 1. The predicted molar refractivity (Wildman–Crippen MR) is 82.5 cm³/mol. The third kappa shape index (κ3) is 3.17. The van der Waals surface area contributed by atoms with Crippen LogP contribution in [0, 0.1) is 11.6 Å². The molecule has 0 aliphatic heterocycles. The van der Waals surface area contributed by atoms with E-state index in [4.69, 9.17) is 4.42 Å². The Balaban J connectivity index is 1.84. The Bertz CT molecular complexity index is 783. The monoisotopic (exact) mass is 317 g/mol. The summed E-state index contributed by atoms with van der Waals surface area (Å²) in [4.78, 5) is 2.06. The third-order valence-corrected chi connectivity index (χ3v) is 3.95. The average Bonchev–Trinajstić information content (AvgIpc) is 3.18. The summed E-state index contributed by atoms with van der Waals surface area (Å²) in [5, 5.41) is 6.80. The predicted octanol–water partition coefficient (Wildman–Crippen LogP) is 4.14. The topological polar surface area (TPSA) is 45.1 Å². The second kappa shape index (κ2) is 6.34. The molecular formula is C17H17F2N3O. The van der Waals surface area contributed by atoms with E-state index in [-0.39, 0.29) is 6.04 Å². The molecule has 0 spiro atoms. The fraction of sp³-hybridized carbons (Fsp3) is 0.235. The number of hydrogen-bond acceptors (Lipinski definition) is 3. The Kier molecular flexibility index (Phi) is 4.25. The molecule has 3 rings (SSSR count). The van der Waals surface area contributed by atoms with Gasteiger partial charge in [0, 0.05) is 23.7 Å². The maximum atomic E-state index is 14.0. The molecule has 2 heterocycles. The van der Waals surface area contributed by atoms with E-state index in [0.29, 0.717) is 17.8 Å². The summed E-state index contributed by atoms with van der Waals surface area (Å²) in [5.74, 6) is -0.362. The second-order valence-corrected chi connectivity index (χ2v) is 5.50. The van der Waals surface area contributed by atoms with Crippen LogP contribution >= 0.6 is 0 Å². The van der Waals surface area contributed by atoms with Gasteiger partial charge in [0.2, 0.25) is 0 Å². The van der Waals surface area contributed by atoms with Crippen LogP contribution in [-0.4, -0.2) is 22.1 Å². The normalized spacial score (nSPS) is 12.7. The zero-order valence-electron chi connectivity index (χ0n) is 12.9. The fourth-order valence-corrected chi connectivity index (χ4v) is 2.51. The quantitative estimate of drug-likeness (QED) is 0.769. The van der Waals surface area contributed by atoms with Gasteiger partial charge >= 0.3 is 0 Å². The summed E-state index contributed by atoms with van der Waals surface area (Å²) in [6.45, 7) is 2.57. The molecule has 0 aliphatic carbocycles. The van der Waals surface area contributed by atoms with Gasteiger partial charge in [0.25, 0.3) is 0 Å². The first-order valence-corrected chi connectivity index (χ1v) is 7.27. The summed E-state index contributed by atoms with van der Waals surface area (Å²) in [6, 6.07) is 7.34. The first-order chi connectivity index (χ1) is 11.1. The molecule has 0 aliphatic rings. The van der Waals surface area contributed by atoms with Gasteiger partial charge in [-0.25, -0.2) is 8.78 Å². The van der Waals surface area contributed by atoms with Gasteiger partial charge in [-0.3, -0.25) is 10.00 Å². The van der Waals surface area contributed by atoms with Crippen molar-refractivity contribution in [2.24, 2.45) is 0 Å². The van der Waals surface area contributed by atoms with E-state index in [1.807, 2.05) is 26.1 Å². The molecule has 0 unspecified atom stereocenters. The summed E-state index contributed by atoms with van der Waals surface area (Å²) < 4.78 is 32.5. The summed E-state index contributed by atoms with van der Waals surface area (Å²) >= 11 is 0. The minimum absolute atomic E-state index is 0.0609. The van der Waals surface area contributed by atoms with E-state index in [0.717, 1.165) is 17.4 Å². The molecule has 1 aromatic carbocycles. The highest BCUT2D eigenvalue weighted by molar-refractivity contribution is 5.63. The number of rotatable bonds is 5. The largest absolute Gasteiger partial charge is 0.468 e. The number of benzene rings is 1. The molecular weight excluding hydrogens is 300 g/mol. The van der Waals surface area contributed by atoms with Crippen molar-refractivity contribution in [1.29, 1.82) is 0 Å². The fourth-order valence-electron chi connectivity index (χ4n) is 2.51. The van der Waals surface area contributed by atoms with Crippen LogP contribution in [0.15, 0.2) is 47.2 Å². The molecule has 4 nitrogen and oxygen atoms in total. The first-order valence-electron chi connectivity index (χ1n) is 7.27. The Hall–Kier alpha value is -2.47. The van der Waals surface area contributed by atoms with Crippen molar-refractivity contribution in [3.8, 4) is 11.3 Å². The van der Waals surface area contributed by atoms with Crippen LogP contribution in [-0.2, 0) is 6.54 Å². The molecule has 3 aromatic rings. The number of aromatic amines is 1. The van der Waals surface area contributed by atoms with Crippen molar-refractivity contribution in [2.75, 3.05) is 7.05 Å². The molecule has 6 heteroatoms. The van der Waals surface area contributed by atoms with Crippen LogP contribution in [0.4, 0.5) is 8.78 Å². The molecule has 0 saturated carbocycles.